The van der Waals surface area contributed by atoms with Crippen LogP contribution in [0.15, 0.2) is 11.4 Å². The average Bonchev–Trinajstić information content (AvgIpc) is 3.13. The van der Waals surface area contributed by atoms with E-state index in [9.17, 15) is 9.59 Å². The van der Waals surface area contributed by atoms with Crippen LogP contribution in [0.5, 0.6) is 0 Å². The Morgan fingerprint density at radius 2 is 2.21 bits per heavy atom. The second-order valence-electron chi connectivity index (χ2n) is 5.43. The van der Waals surface area contributed by atoms with Crippen LogP contribution >= 0.6 is 11.3 Å². The summed E-state index contributed by atoms with van der Waals surface area (Å²) in [6.07, 6.45) is 4.66. The van der Waals surface area contributed by atoms with Crippen LogP contribution in [0, 0.1) is 17.8 Å². The second kappa shape index (κ2) is 4.96. The Hall–Kier alpha value is -1.36. The summed E-state index contributed by atoms with van der Waals surface area (Å²) in [5.74, 6) is 1.09. The van der Waals surface area contributed by atoms with Crippen molar-refractivity contribution in [1.29, 1.82) is 0 Å². The van der Waals surface area contributed by atoms with Crippen molar-refractivity contribution < 1.29 is 14.3 Å². The van der Waals surface area contributed by atoms with Gasteiger partial charge >= 0.3 is 5.97 Å². The lowest BCUT2D eigenvalue weighted by Gasteiger charge is -2.20. The molecule has 1 amide bonds. The highest BCUT2D eigenvalue weighted by atomic mass is 32.1. The van der Waals surface area contributed by atoms with Gasteiger partial charge in [-0.2, -0.15) is 0 Å². The minimum atomic E-state index is -0.391. The molecule has 1 heterocycles. The van der Waals surface area contributed by atoms with E-state index in [0.717, 1.165) is 12.3 Å². The van der Waals surface area contributed by atoms with Gasteiger partial charge < -0.3 is 10.1 Å². The Kier molecular flexibility index (Phi) is 3.31. The van der Waals surface area contributed by atoms with Gasteiger partial charge in [0.05, 0.1) is 12.8 Å². The smallest absolute Gasteiger partial charge is 0.350 e. The first-order valence-electron chi connectivity index (χ1n) is 6.65. The van der Waals surface area contributed by atoms with Gasteiger partial charge in [0.2, 0.25) is 5.91 Å². The fraction of sp³-hybridized carbons (Fsp3) is 0.571. The van der Waals surface area contributed by atoms with Crippen LogP contribution in [-0.2, 0) is 9.53 Å². The summed E-state index contributed by atoms with van der Waals surface area (Å²) in [5.41, 5.74) is 0.588. The van der Waals surface area contributed by atoms with Gasteiger partial charge in [0.1, 0.15) is 4.88 Å². The highest BCUT2D eigenvalue weighted by molar-refractivity contribution is 7.12. The largest absolute Gasteiger partial charge is 0.465 e. The Balaban J connectivity index is 1.70. The van der Waals surface area contributed by atoms with Crippen molar-refractivity contribution in [3.63, 3.8) is 0 Å². The SMILES string of the molecule is COC(=O)c1sccc1NC(=O)[C@@H]1C[C@H]2CC[C@@H]1C2. The third kappa shape index (κ3) is 2.27. The van der Waals surface area contributed by atoms with Gasteiger partial charge in [-0.05, 0) is 42.5 Å². The van der Waals surface area contributed by atoms with Crippen LogP contribution in [0.3, 0.4) is 0 Å². The van der Waals surface area contributed by atoms with E-state index in [1.165, 1.54) is 37.7 Å². The normalized spacial score (nSPS) is 28.4. The van der Waals surface area contributed by atoms with Crippen molar-refractivity contribution in [2.75, 3.05) is 12.4 Å². The van der Waals surface area contributed by atoms with Gasteiger partial charge in [0.25, 0.3) is 0 Å². The first kappa shape index (κ1) is 12.7. The standard InChI is InChI=1S/C14H17NO3S/c1-18-14(17)12-11(4-5-19-12)15-13(16)10-7-8-2-3-9(10)6-8/h4-5,8-10H,2-3,6-7H2,1H3,(H,15,16)/t8-,9+,10+/m0/s1. The molecule has 19 heavy (non-hydrogen) atoms. The topological polar surface area (TPSA) is 55.4 Å². The number of esters is 1. The molecule has 2 aliphatic rings. The van der Waals surface area contributed by atoms with E-state index in [0.29, 0.717) is 16.5 Å². The van der Waals surface area contributed by atoms with Crippen LogP contribution in [-0.4, -0.2) is 19.0 Å². The fourth-order valence-corrected chi connectivity index (χ4v) is 4.22. The van der Waals surface area contributed by atoms with Crippen molar-refractivity contribution in [2.24, 2.45) is 17.8 Å². The summed E-state index contributed by atoms with van der Waals surface area (Å²) in [4.78, 5) is 24.3. The third-order valence-electron chi connectivity index (χ3n) is 4.37. The summed E-state index contributed by atoms with van der Waals surface area (Å²) in [5, 5.41) is 4.70. The first-order valence-corrected chi connectivity index (χ1v) is 7.53. The second-order valence-corrected chi connectivity index (χ2v) is 6.34. The zero-order valence-corrected chi connectivity index (χ0v) is 11.7. The molecule has 3 atom stereocenters. The minimum absolute atomic E-state index is 0.0655. The fourth-order valence-electron chi connectivity index (χ4n) is 3.45. The predicted molar refractivity (Wildman–Crippen MR) is 73.2 cm³/mol. The van der Waals surface area contributed by atoms with E-state index >= 15 is 0 Å². The number of carbonyl (C=O) groups is 2. The van der Waals surface area contributed by atoms with Crippen molar-refractivity contribution in [2.45, 2.75) is 25.7 Å². The van der Waals surface area contributed by atoms with Gasteiger partial charge in [-0.1, -0.05) is 6.42 Å². The molecule has 1 N–H and O–H groups in total. The maximum Gasteiger partial charge on any atom is 0.350 e. The summed E-state index contributed by atoms with van der Waals surface area (Å²) < 4.78 is 4.71. The Labute approximate surface area is 116 Å². The van der Waals surface area contributed by atoms with Crippen molar-refractivity contribution >= 4 is 28.9 Å². The van der Waals surface area contributed by atoms with Crippen molar-refractivity contribution in [1.82, 2.24) is 0 Å². The van der Waals surface area contributed by atoms with Gasteiger partial charge in [-0.3, -0.25) is 4.79 Å². The number of methoxy groups -OCH3 is 1. The Bertz CT molecular complexity index is 511. The van der Waals surface area contributed by atoms with E-state index < -0.39 is 5.97 Å². The van der Waals surface area contributed by atoms with Crippen molar-refractivity contribution in [3.05, 3.63) is 16.3 Å². The molecule has 0 aliphatic heterocycles. The van der Waals surface area contributed by atoms with Crippen LogP contribution in [0.1, 0.15) is 35.4 Å². The molecule has 2 fully saturated rings. The number of amides is 1. The van der Waals surface area contributed by atoms with E-state index in [1.54, 1.807) is 11.4 Å². The maximum atomic E-state index is 12.3. The zero-order chi connectivity index (χ0) is 13.4. The number of hydrogen-bond acceptors (Lipinski definition) is 4. The molecule has 2 saturated carbocycles. The molecule has 0 unspecified atom stereocenters. The molecule has 0 aromatic carbocycles. The Morgan fingerprint density at radius 3 is 2.84 bits per heavy atom. The van der Waals surface area contributed by atoms with E-state index in [4.69, 9.17) is 4.74 Å². The number of nitrogens with one attached hydrogen (secondary N) is 1. The van der Waals surface area contributed by atoms with Crippen LogP contribution in [0.4, 0.5) is 5.69 Å². The van der Waals surface area contributed by atoms with Crippen LogP contribution in [0.25, 0.3) is 0 Å². The molecule has 2 bridgehead atoms. The van der Waals surface area contributed by atoms with E-state index in [-0.39, 0.29) is 11.8 Å². The van der Waals surface area contributed by atoms with Crippen LogP contribution in [0.2, 0.25) is 0 Å². The molecule has 1 aromatic heterocycles. The lowest BCUT2D eigenvalue weighted by molar-refractivity contribution is -0.121. The molecular formula is C14H17NO3S. The van der Waals surface area contributed by atoms with Gasteiger partial charge in [0.15, 0.2) is 0 Å². The number of carbonyl (C=O) groups excluding carboxylic acids is 2. The summed E-state index contributed by atoms with van der Waals surface area (Å²) in [6, 6.07) is 1.77. The number of fused-ring (bicyclic) bond motifs is 2. The predicted octanol–water partition coefficient (Wildman–Crippen LogP) is 2.91. The molecule has 102 valence electrons. The van der Waals surface area contributed by atoms with Gasteiger partial charge in [0, 0.05) is 5.92 Å². The molecule has 2 aliphatic carbocycles. The zero-order valence-electron chi connectivity index (χ0n) is 10.8. The molecule has 4 nitrogen and oxygen atoms in total. The summed E-state index contributed by atoms with van der Waals surface area (Å²) in [6.45, 7) is 0. The molecular weight excluding hydrogens is 262 g/mol. The molecule has 3 rings (SSSR count). The average molecular weight is 279 g/mol. The Morgan fingerprint density at radius 1 is 1.37 bits per heavy atom. The number of anilines is 1. The maximum absolute atomic E-state index is 12.3. The molecule has 5 heteroatoms. The van der Waals surface area contributed by atoms with Crippen molar-refractivity contribution in [3.8, 4) is 0 Å². The highest BCUT2D eigenvalue weighted by Gasteiger charge is 2.43. The monoisotopic (exact) mass is 279 g/mol. The molecule has 0 spiro atoms. The number of ether oxygens (including phenoxy) is 1. The first-order chi connectivity index (χ1) is 9.19. The molecule has 0 saturated heterocycles. The van der Waals surface area contributed by atoms with E-state index in [2.05, 4.69) is 5.32 Å². The number of rotatable bonds is 3. The number of hydrogen-bond donors (Lipinski definition) is 1. The highest BCUT2D eigenvalue weighted by Crippen LogP contribution is 2.48. The number of thiophene rings is 1. The van der Waals surface area contributed by atoms with Crippen LogP contribution < -0.4 is 5.32 Å². The minimum Gasteiger partial charge on any atom is -0.465 e. The quantitative estimate of drug-likeness (QED) is 0.866. The lowest BCUT2D eigenvalue weighted by atomic mass is 9.88. The van der Waals surface area contributed by atoms with Gasteiger partial charge in [-0.15, -0.1) is 11.3 Å². The molecule has 1 aromatic rings. The molecule has 0 radical (unpaired) electrons. The lowest BCUT2D eigenvalue weighted by Crippen LogP contribution is -2.27. The van der Waals surface area contributed by atoms with E-state index in [1.807, 2.05) is 0 Å². The summed E-state index contributed by atoms with van der Waals surface area (Å²) >= 11 is 1.29. The third-order valence-corrected chi connectivity index (χ3v) is 5.26. The summed E-state index contributed by atoms with van der Waals surface area (Å²) in [7, 11) is 1.35. The van der Waals surface area contributed by atoms with Gasteiger partial charge in [-0.25, -0.2) is 4.79 Å².